The number of hydrogen-bond acceptors (Lipinski definition) is 4. The molecule has 0 radical (unpaired) electrons. The van der Waals surface area contributed by atoms with Gasteiger partial charge in [0, 0.05) is 32.7 Å². The second kappa shape index (κ2) is 11.0. The molecule has 26 heavy (non-hydrogen) atoms. The number of hydrogen-bond donors (Lipinski definition) is 2. The van der Waals surface area contributed by atoms with E-state index in [0.717, 1.165) is 64.5 Å². The maximum absolute atomic E-state index is 14.3. The van der Waals surface area contributed by atoms with Crippen molar-refractivity contribution < 1.29 is 9.13 Å². The van der Waals surface area contributed by atoms with Crippen LogP contribution in [-0.4, -0.2) is 63.3 Å². The summed E-state index contributed by atoms with van der Waals surface area (Å²) in [5.74, 6) is 0.193. The van der Waals surface area contributed by atoms with E-state index in [9.17, 15) is 4.39 Å². The average Bonchev–Trinajstić information content (AvgIpc) is 2.67. The van der Waals surface area contributed by atoms with Crippen LogP contribution in [0.25, 0.3) is 0 Å². The largest absolute Gasteiger partial charge is 0.379 e. The molecule has 6 nitrogen and oxygen atoms in total. The fourth-order valence-electron chi connectivity index (χ4n) is 3.05. The molecule has 1 saturated heterocycles. The number of halogens is 1. The van der Waals surface area contributed by atoms with Gasteiger partial charge in [-0.05, 0) is 44.5 Å². The highest BCUT2D eigenvalue weighted by Gasteiger charge is 2.10. The summed E-state index contributed by atoms with van der Waals surface area (Å²) in [7, 11) is 0. The fourth-order valence-corrected chi connectivity index (χ4v) is 3.05. The van der Waals surface area contributed by atoms with E-state index in [4.69, 9.17) is 10.5 Å². The molecule has 0 bridgehead atoms. The van der Waals surface area contributed by atoms with Gasteiger partial charge in [0.05, 0.1) is 25.4 Å². The number of nitrogens with one attached hydrogen (secondary N) is 1. The highest BCUT2D eigenvalue weighted by molar-refractivity contribution is 5.77. The molecule has 0 saturated carbocycles. The van der Waals surface area contributed by atoms with E-state index < -0.39 is 0 Å². The maximum atomic E-state index is 14.3. The quantitative estimate of drug-likeness (QED) is 0.397. The minimum atomic E-state index is -0.210. The van der Waals surface area contributed by atoms with E-state index in [0.29, 0.717) is 18.2 Å². The van der Waals surface area contributed by atoms with Crippen LogP contribution in [0.2, 0.25) is 0 Å². The highest BCUT2D eigenvalue weighted by Crippen LogP contribution is 2.20. The molecule has 1 heterocycles. The number of ether oxygens (including phenoxy) is 1. The topological polar surface area (TPSA) is 66.1 Å². The summed E-state index contributed by atoms with van der Waals surface area (Å²) < 4.78 is 19.6. The smallest absolute Gasteiger partial charge is 0.188 e. The first-order valence-electron chi connectivity index (χ1n) is 9.51. The maximum Gasteiger partial charge on any atom is 0.188 e. The molecule has 0 aromatic heterocycles. The van der Waals surface area contributed by atoms with Gasteiger partial charge in [0.15, 0.2) is 5.96 Å². The molecule has 1 aliphatic heterocycles. The van der Waals surface area contributed by atoms with Crippen LogP contribution in [-0.2, 0) is 11.3 Å². The Morgan fingerprint density at radius 3 is 2.69 bits per heavy atom. The van der Waals surface area contributed by atoms with Gasteiger partial charge in [0.2, 0.25) is 0 Å². The predicted octanol–water partition coefficient (Wildman–Crippen LogP) is 1.80. The van der Waals surface area contributed by atoms with Crippen LogP contribution in [0.4, 0.5) is 10.1 Å². The SMILES string of the molecule is CCN(CC)c1ccc(CN=C(N)NCCCN2CCOCC2)cc1F. The first-order valence-corrected chi connectivity index (χ1v) is 9.51. The van der Waals surface area contributed by atoms with E-state index in [1.165, 1.54) is 0 Å². The van der Waals surface area contributed by atoms with Crippen molar-refractivity contribution in [3.63, 3.8) is 0 Å². The number of benzene rings is 1. The number of nitrogens with two attached hydrogens (primary N) is 1. The molecule has 3 N–H and O–H groups in total. The number of aliphatic imine (C=N–C) groups is 1. The first kappa shape index (κ1) is 20.5. The monoisotopic (exact) mass is 365 g/mol. The number of anilines is 1. The Labute approximate surface area is 156 Å². The van der Waals surface area contributed by atoms with Gasteiger partial charge in [-0.25, -0.2) is 9.38 Å². The number of morpholine rings is 1. The molecule has 0 aliphatic carbocycles. The lowest BCUT2D eigenvalue weighted by Crippen LogP contribution is -2.39. The van der Waals surface area contributed by atoms with Crippen LogP contribution >= 0.6 is 0 Å². The lowest BCUT2D eigenvalue weighted by molar-refractivity contribution is 0.0376. The van der Waals surface area contributed by atoms with Crippen molar-refractivity contribution in [2.75, 3.05) is 57.4 Å². The third kappa shape index (κ3) is 6.46. The van der Waals surface area contributed by atoms with Crippen LogP contribution in [0.3, 0.4) is 0 Å². The molecule has 1 aromatic rings. The average molecular weight is 365 g/mol. The Bertz CT molecular complexity index is 571. The third-order valence-corrected chi connectivity index (χ3v) is 4.61. The zero-order valence-corrected chi connectivity index (χ0v) is 16.0. The zero-order chi connectivity index (χ0) is 18.8. The molecule has 1 fully saturated rings. The van der Waals surface area contributed by atoms with Gasteiger partial charge in [-0.1, -0.05) is 6.07 Å². The van der Waals surface area contributed by atoms with E-state index in [1.54, 1.807) is 6.07 Å². The lowest BCUT2D eigenvalue weighted by atomic mass is 10.2. The van der Waals surface area contributed by atoms with Gasteiger partial charge < -0.3 is 20.7 Å². The van der Waals surface area contributed by atoms with Gasteiger partial charge in [0.25, 0.3) is 0 Å². The minimum absolute atomic E-state index is 0.210. The molecule has 1 aromatic carbocycles. The summed E-state index contributed by atoms with van der Waals surface area (Å²) in [6.45, 7) is 11.4. The number of rotatable bonds is 9. The molecular weight excluding hydrogens is 333 g/mol. The summed E-state index contributed by atoms with van der Waals surface area (Å²) in [6.07, 6.45) is 1.00. The van der Waals surface area contributed by atoms with Crippen molar-refractivity contribution in [3.8, 4) is 0 Å². The molecule has 7 heteroatoms. The van der Waals surface area contributed by atoms with Crippen molar-refractivity contribution in [1.29, 1.82) is 0 Å². The van der Waals surface area contributed by atoms with Crippen molar-refractivity contribution >= 4 is 11.6 Å². The highest BCUT2D eigenvalue weighted by atomic mass is 19.1. The van der Waals surface area contributed by atoms with Gasteiger partial charge in [-0.2, -0.15) is 0 Å². The summed E-state index contributed by atoms with van der Waals surface area (Å²) in [4.78, 5) is 8.68. The molecule has 146 valence electrons. The molecular formula is C19H32FN5O. The summed E-state index contributed by atoms with van der Waals surface area (Å²) in [6, 6.07) is 5.27. The minimum Gasteiger partial charge on any atom is -0.379 e. The second-order valence-electron chi connectivity index (χ2n) is 6.39. The lowest BCUT2D eigenvalue weighted by Gasteiger charge is -2.26. The Balaban J connectivity index is 1.74. The Hall–Kier alpha value is -1.86. The third-order valence-electron chi connectivity index (χ3n) is 4.61. The Kier molecular flexibility index (Phi) is 8.64. The summed E-state index contributed by atoms with van der Waals surface area (Å²) in [5, 5.41) is 3.12. The van der Waals surface area contributed by atoms with Crippen LogP contribution in [0.15, 0.2) is 23.2 Å². The Morgan fingerprint density at radius 1 is 1.31 bits per heavy atom. The summed E-state index contributed by atoms with van der Waals surface area (Å²) >= 11 is 0. The van der Waals surface area contributed by atoms with E-state index in [-0.39, 0.29) is 5.82 Å². The van der Waals surface area contributed by atoms with Crippen LogP contribution in [0, 0.1) is 5.82 Å². The first-order chi connectivity index (χ1) is 12.6. The van der Waals surface area contributed by atoms with Crippen LogP contribution in [0.5, 0.6) is 0 Å². The predicted molar refractivity (Wildman–Crippen MR) is 105 cm³/mol. The molecule has 0 atom stereocenters. The standard InChI is InChI=1S/C19H32FN5O/c1-3-25(4-2)18-7-6-16(14-17(18)20)15-23-19(21)22-8-5-9-24-10-12-26-13-11-24/h6-7,14H,3-5,8-13,15H2,1-2H3,(H3,21,22,23). The number of nitrogens with zero attached hydrogens (tertiary/aromatic N) is 3. The van der Waals surface area contributed by atoms with E-state index in [2.05, 4.69) is 15.2 Å². The van der Waals surface area contributed by atoms with Crippen LogP contribution < -0.4 is 16.0 Å². The normalized spacial score (nSPS) is 15.9. The number of guanidine groups is 1. The molecule has 0 spiro atoms. The van der Waals surface area contributed by atoms with Gasteiger partial charge >= 0.3 is 0 Å². The van der Waals surface area contributed by atoms with Crippen LogP contribution in [0.1, 0.15) is 25.8 Å². The van der Waals surface area contributed by atoms with Crippen molar-refractivity contribution in [2.45, 2.75) is 26.8 Å². The van der Waals surface area contributed by atoms with Gasteiger partial charge in [0.1, 0.15) is 5.82 Å². The van der Waals surface area contributed by atoms with Gasteiger partial charge in [-0.15, -0.1) is 0 Å². The molecule has 1 aliphatic rings. The zero-order valence-electron chi connectivity index (χ0n) is 16.0. The second-order valence-corrected chi connectivity index (χ2v) is 6.39. The van der Waals surface area contributed by atoms with Crippen molar-refractivity contribution in [3.05, 3.63) is 29.6 Å². The fraction of sp³-hybridized carbons (Fsp3) is 0.632. The Morgan fingerprint density at radius 2 is 2.04 bits per heavy atom. The van der Waals surface area contributed by atoms with E-state index in [1.807, 2.05) is 30.9 Å². The summed E-state index contributed by atoms with van der Waals surface area (Å²) in [5.41, 5.74) is 7.36. The molecule has 0 amide bonds. The molecule has 0 unspecified atom stereocenters. The van der Waals surface area contributed by atoms with Gasteiger partial charge in [-0.3, -0.25) is 4.90 Å². The van der Waals surface area contributed by atoms with E-state index >= 15 is 0 Å². The van der Waals surface area contributed by atoms with Crippen molar-refractivity contribution in [2.24, 2.45) is 10.7 Å². The van der Waals surface area contributed by atoms with Crippen molar-refractivity contribution in [1.82, 2.24) is 10.2 Å². The molecule has 2 rings (SSSR count).